The Hall–Kier alpha value is -2.02. The Balaban J connectivity index is 1.32. The molecule has 130 valence electrons. The summed E-state index contributed by atoms with van der Waals surface area (Å²) in [7, 11) is 0. The summed E-state index contributed by atoms with van der Waals surface area (Å²) < 4.78 is 5.39. The third-order valence-corrected chi connectivity index (χ3v) is 5.51. The van der Waals surface area contributed by atoms with E-state index in [0.717, 1.165) is 37.1 Å². The summed E-state index contributed by atoms with van der Waals surface area (Å²) in [5.41, 5.74) is 2.02. The van der Waals surface area contributed by atoms with Crippen LogP contribution in [0, 0.1) is 5.92 Å². The number of thiophene rings is 1. The van der Waals surface area contributed by atoms with Crippen molar-refractivity contribution in [3.63, 3.8) is 0 Å². The Bertz CT molecular complexity index is 780. The molecule has 1 aromatic carbocycles. The van der Waals surface area contributed by atoms with Gasteiger partial charge in [-0.1, -0.05) is 35.5 Å². The average molecular weight is 355 g/mol. The first-order valence-corrected chi connectivity index (χ1v) is 9.54. The lowest BCUT2D eigenvalue weighted by Crippen LogP contribution is -2.35. The van der Waals surface area contributed by atoms with Gasteiger partial charge in [0.05, 0.1) is 12.6 Å². The maximum absolute atomic E-state index is 10.6. The quantitative estimate of drug-likeness (QED) is 0.755. The van der Waals surface area contributed by atoms with Crippen LogP contribution in [0.3, 0.4) is 0 Å². The molecule has 5 nitrogen and oxygen atoms in total. The van der Waals surface area contributed by atoms with Crippen molar-refractivity contribution < 1.29 is 9.63 Å². The molecule has 0 spiro atoms. The molecule has 0 amide bonds. The maximum Gasteiger partial charge on any atom is 0.241 e. The summed E-state index contributed by atoms with van der Waals surface area (Å²) in [6, 6.07) is 11.9. The van der Waals surface area contributed by atoms with E-state index in [0.29, 0.717) is 24.2 Å². The molecule has 4 rings (SSSR count). The highest BCUT2D eigenvalue weighted by Gasteiger charge is 2.27. The molecule has 1 aliphatic heterocycles. The molecule has 3 aromatic rings. The van der Waals surface area contributed by atoms with Crippen LogP contribution in [-0.2, 0) is 6.54 Å². The Labute approximate surface area is 150 Å². The van der Waals surface area contributed by atoms with Gasteiger partial charge in [-0.05, 0) is 48.9 Å². The van der Waals surface area contributed by atoms with Gasteiger partial charge < -0.3 is 9.63 Å². The van der Waals surface area contributed by atoms with Crippen molar-refractivity contribution in [2.24, 2.45) is 5.92 Å². The Morgan fingerprint density at radius 1 is 1.20 bits per heavy atom. The van der Waals surface area contributed by atoms with Crippen LogP contribution < -0.4 is 0 Å². The summed E-state index contributed by atoms with van der Waals surface area (Å²) in [4.78, 5) is 6.80. The van der Waals surface area contributed by atoms with Gasteiger partial charge in [-0.25, -0.2) is 0 Å². The lowest BCUT2D eigenvalue weighted by molar-refractivity contribution is 0.0538. The molecule has 0 unspecified atom stereocenters. The number of aliphatic hydroxyl groups excluding tert-OH is 1. The number of hydrogen-bond acceptors (Lipinski definition) is 6. The van der Waals surface area contributed by atoms with Crippen LogP contribution in [0.1, 0.15) is 30.4 Å². The van der Waals surface area contributed by atoms with Gasteiger partial charge in [0.1, 0.15) is 0 Å². The first-order valence-electron chi connectivity index (χ1n) is 8.60. The van der Waals surface area contributed by atoms with E-state index >= 15 is 0 Å². The summed E-state index contributed by atoms with van der Waals surface area (Å²) in [5, 5.41) is 18.7. The molecule has 1 aliphatic rings. The van der Waals surface area contributed by atoms with Gasteiger partial charge in [0.25, 0.3) is 0 Å². The predicted octanol–water partition coefficient (Wildman–Crippen LogP) is 3.74. The largest absolute Gasteiger partial charge is 0.388 e. The van der Waals surface area contributed by atoms with E-state index in [1.807, 2.05) is 47.2 Å². The van der Waals surface area contributed by atoms with Crippen LogP contribution in [0.5, 0.6) is 0 Å². The fourth-order valence-corrected chi connectivity index (χ4v) is 4.00. The second kappa shape index (κ2) is 7.47. The van der Waals surface area contributed by atoms with Gasteiger partial charge >= 0.3 is 0 Å². The molecule has 1 N–H and O–H groups in total. The van der Waals surface area contributed by atoms with Crippen LogP contribution in [0.25, 0.3) is 11.4 Å². The van der Waals surface area contributed by atoms with Gasteiger partial charge in [0.15, 0.2) is 0 Å². The van der Waals surface area contributed by atoms with E-state index < -0.39 is 0 Å². The predicted molar refractivity (Wildman–Crippen MR) is 97.0 cm³/mol. The van der Waals surface area contributed by atoms with Crippen molar-refractivity contribution in [2.45, 2.75) is 25.5 Å². The highest BCUT2D eigenvalue weighted by molar-refractivity contribution is 7.08. The molecule has 1 saturated heterocycles. The number of aliphatic hydroxyl groups is 1. The standard InChI is InChI=1S/C19H21N3O2S/c23-18(14-4-2-1-3-5-14)15-6-9-22(10-7-15)12-17-20-19(21-24-17)16-8-11-25-13-16/h1-5,8,11,13,15,18,23H,6-7,9-10,12H2/t18-/m0/s1. The summed E-state index contributed by atoms with van der Waals surface area (Å²) >= 11 is 1.62. The van der Waals surface area contributed by atoms with Crippen LogP contribution >= 0.6 is 11.3 Å². The molecule has 3 heterocycles. The van der Waals surface area contributed by atoms with E-state index in [9.17, 15) is 5.11 Å². The summed E-state index contributed by atoms with van der Waals surface area (Å²) in [6.45, 7) is 2.54. The molecule has 1 fully saturated rings. The molecule has 2 aromatic heterocycles. The third kappa shape index (κ3) is 3.81. The number of benzene rings is 1. The Morgan fingerprint density at radius 2 is 2.00 bits per heavy atom. The molecule has 0 radical (unpaired) electrons. The zero-order chi connectivity index (χ0) is 17.1. The van der Waals surface area contributed by atoms with Crippen molar-refractivity contribution in [3.05, 3.63) is 58.6 Å². The first-order chi connectivity index (χ1) is 12.3. The average Bonchev–Trinajstić information content (AvgIpc) is 3.34. The minimum Gasteiger partial charge on any atom is -0.388 e. The van der Waals surface area contributed by atoms with E-state index in [1.54, 1.807) is 11.3 Å². The van der Waals surface area contributed by atoms with E-state index in [2.05, 4.69) is 15.0 Å². The topological polar surface area (TPSA) is 62.4 Å². The minimum atomic E-state index is -0.378. The Kier molecular flexibility index (Phi) is 4.92. The van der Waals surface area contributed by atoms with Gasteiger partial charge in [0, 0.05) is 10.9 Å². The van der Waals surface area contributed by atoms with Gasteiger partial charge in [-0.2, -0.15) is 16.3 Å². The normalized spacial score (nSPS) is 17.6. The number of aromatic nitrogens is 2. The number of hydrogen-bond donors (Lipinski definition) is 1. The fraction of sp³-hybridized carbons (Fsp3) is 0.368. The lowest BCUT2D eigenvalue weighted by Gasteiger charge is -2.33. The van der Waals surface area contributed by atoms with Crippen molar-refractivity contribution in [1.29, 1.82) is 0 Å². The van der Waals surface area contributed by atoms with Gasteiger partial charge in [-0.15, -0.1) is 0 Å². The number of rotatable bonds is 5. The van der Waals surface area contributed by atoms with Crippen molar-refractivity contribution >= 4 is 11.3 Å². The summed E-state index contributed by atoms with van der Waals surface area (Å²) in [5.74, 6) is 1.62. The van der Waals surface area contributed by atoms with Gasteiger partial charge in [0.2, 0.25) is 11.7 Å². The van der Waals surface area contributed by atoms with Gasteiger partial charge in [-0.3, -0.25) is 4.90 Å². The first kappa shape index (κ1) is 16.4. The second-order valence-electron chi connectivity index (χ2n) is 6.49. The van der Waals surface area contributed by atoms with Crippen LogP contribution in [-0.4, -0.2) is 33.2 Å². The second-order valence-corrected chi connectivity index (χ2v) is 7.27. The SMILES string of the molecule is O[C@@H](c1ccccc1)C1CCN(Cc2nc(-c3ccsc3)no2)CC1. The van der Waals surface area contributed by atoms with E-state index in [4.69, 9.17) is 4.52 Å². The molecule has 1 atom stereocenters. The van der Waals surface area contributed by atoms with E-state index in [1.165, 1.54) is 0 Å². The van der Waals surface area contributed by atoms with Crippen molar-refractivity contribution in [3.8, 4) is 11.4 Å². The highest BCUT2D eigenvalue weighted by atomic mass is 32.1. The van der Waals surface area contributed by atoms with E-state index in [-0.39, 0.29) is 6.10 Å². The monoisotopic (exact) mass is 355 g/mol. The smallest absolute Gasteiger partial charge is 0.241 e. The zero-order valence-electron chi connectivity index (χ0n) is 13.9. The number of likely N-dealkylation sites (tertiary alicyclic amines) is 1. The number of piperidine rings is 1. The molecular formula is C19H21N3O2S. The molecule has 0 aliphatic carbocycles. The third-order valence-electron chi connectivity index (χ3n) is 4.83. The molecule has 0 bridgehead atoms. The minimum absolute atomic E-state index is 0.308. The highest BCUT2D eigenvalue weighted by Crippen LogP contribution is 2.31. The lowest BCUT2D eigenvalue weighted by atomic mass is 9.87. The Morgan fingerprint density at radius 3 is 2.72 bits per heavy atom. The molecular weight excluding hydrogens is 334 g/mol. The maximum atomic E-state index is 10.6. The number of nitrogens with zero attached hydrogens (tertiary/aromatic N) is 3. The zero-order valence-corrected chi connectivity index (χ0v) is 14.7. The van der Waals surface area contributed by atoms with Crippen molar-refractivity contribution in [1.82, 2.24) is 15.0 Å². The van der Waals surface area contributed by atoms with Crippen LogP contribution in [0.4, 0.5) is 0 Å². The van der Waals surface area contributed by atoms with Crippen molar-refractivity contribution in [2.75, 3.05) is 13.1 Å². The fourth-order valence-electron chi connectivity index (χ4n) is 3.37. The van der Waals surface area contributed by atoms with Crippen LogP contribution in [0.15, 0.2) is 51.7 Å². The molecule has 25 heavy (non-hydrogen) atoms. The molecule has 6 heteroatoms. The summed E-state index contributed by atoms with van der Waals surface area (Å²) in [6.07, 6.45) is 1.57. The van der Waals surface area contributed by atoms with Crippen LogP contribution in [0.2, 0.25) is 0 Å². The molecule has 0 saturated carbocycles.